The molecule has 1 fully saturated rings. The number of nitrogen functional groups attached to an aromatic ring is 1. The van der Waals surface area contributed by atoms with Crippen molar-refractivity contribution in [2.24, 2.45) is 5.73 Å². The molecule has 2 aromatic heterocycles. The molecule has 1 saturated heterocycles. The minimum absolute atomic E-state index is 0.268. The van der Waals surface area contributed by atoms with E-state index in [2.05, 4.69) is 15.6 Å². The van der Waals surface area contributed by atoms with Crippen molar-refractivity contribution in [2.75, 3.05) is 24.1 Å². The van der Waals surface area contributed by atoms with Crippen LogP contribution in [-0.2, 0) is 0 Å². The number of rotatable bonds is 4. The highest BCUT2D eigenvalue weighted by atomic mass is 35.5. The number of carbonyl (C=O) groups excluding carboxylic acids is 1. The fourth-order valence-corrected chi connectivity index (χ4v) is 4.52. The van der Waals surface area contributed by atoms with Crippen LogP contribution in [0.2, 0.25) is 10.0 Å². The molecule has 1 aromatic carbocycles. The summed E-state index contributed by atoms with van der Waals surface area (Å²) in [6.45, 7) is 1.88. The summed E-state index contributed by atoms with van der Waals surface area (Å²) in [6, 6.07) is 5.50. The van der Waals surface area contributed by atoms with Crippen LogP contribution in [-0.4, -0.2) is 35.0 Å². The monoisotopic (exact) mass is 436 g/mol. The Bertz CT molecular complexity index is 1060. The van der Waals surface area contributed by atoms with Crippen LogP contribution in [0.4, 0.5) is 11.6 Å². The lowest BCUT2D eigenvalue weighted by atomic mass is 10.1. The van der Waals surface area contributed by atoms with Crippen molar-refractivity contribution in [1.29, 1.82) is 0 Å². The van der Waals surface area contributed by atoms with E-state index in [1.165, 1.54) is 0 Å². The number of benzene rings is 1. The molecule has 7 nitrogen and oxygen atoms in total. The molecule has 6 N–H and O–H groups in total. The first-order valence-corrected chi connectivity index (χ1v) is 10.3. The number of anilines is 2. The van der Waals surface area contributed by atoms with Crippen LogP contribution in [0.5, 0.6) is 0 Å². The predicted molar refractivity (Wildman–Crippen MR) is 115 cm³/mol. The Hall–Kier alpha value is -2.13. The van der Waals surface area contributed by atoms with E-state index in [1.807, 2.05) is 6.07 Å². The molecule has 0 unspecified atom stereocenters. The molecule has 28 heavy (non-hydrogen) atoms. The Morgan fingerprint density at radius 3 is 2.64 bits per heavy atom. The number of fused-ring (bicyclic) bond motifs is 1. The molecule has 3 heterocycles. The van der Waals surface area contributed by atoms with Gasteiger partial charge in [0.05, 0.1) is 26.8 Å². The van der Waals surface area contributed by atoms with Crippen LogP contribution in [0.25, 0.3) is 21.5 Å². The first-order valence-electron chi connectivity index (χ1n) is 8.76. The smallest absolute Gasteiger partial charge is 0.260 e. The van der Waals surface area contributed by atoms with Crippen LogP contribution < -0.4 is 22.1 Å². The number of aromatic nitrogens is 2. The number of primary amides is 1. The summed E-state index contributed by atoms with van der Waals surface area (Å²) >= 11 is 13.4. The Labute approximate surface area is 175 Å². The van der Waals surface area contributed by atoms with Crippen LogP contribution in [0, 0.1) is 0 Å². The maximum absolute atomic E-state index is 11.8. The minimum Gasteiger partial charge on any atom is -0.397 e. The number of amides is 1. The van der Waals surface area contributed by atoms with Gasteiger partial charge in [0.15, 0.2) is 0 Å². The first kappa shape index (κ1) is 19.2. The largest absolute Gasteiger partial charge is 0.397 e. The SMILES string of the molecule is NC(=O)c1sc2nc(NC3CCNCC3)nc(-c3ccc(Cl)c(Cl)c3)c2c1N. The molecule has 4 rings (SSSR count). The molecule has 0 atom stereocenters. The molecule has 146 valence electrons. The van der Waals surface area contributed by atoms with E-state index in [4.69, 9.17) is 39.7 Å². The number of nitrogens with one attached hydrogen (secondary N) is 2. The third kappa shape index (κ3) is 3.60. The zero-order valence-corrected chi connectivity index (χ0v) is 17.1. The summed E-state index contributed by atoms with van der Waals surface area (Å²) in [7, 11) is 0. The van der Waals surface area contributed by atoms with Crippen molar-refractivity contribution < 1.29 is 4.79 Å². The van der Waals surface area contributed by atoms with E-state index in [0.717, 1.165) is 42.8 Å². The van der Waals surface area contributed by atoms with Gasteiger partial charge in [-0.15, -0.1) is 11.3 Å². The van der Waals surface area contributed by atoms with Crippen molar-refractivity contribution in [1.82, 2.24) is 15.3 Å². The van der Waals surface area contributed by atoms with Crippen LogP contribution >= 0.6 is 34.5 Å². The third-order valence-electron chi connectivity index (χ3n) is 4.68. The molecule has 10 heteroatoms. The van der Waals surface area contributed by atoms with E-state index < -0.39 is 5.91 Å². The predicted octanol–water partition coefficient (Wildman–Crippen LogP) is 3.51. The molecule has 3 aromatic rings. The van der Waals surface area contributed by atoms with Gasteiger partial charge in [-0.3, -0.25) is 4.79 Å². The lowest BCUT2D eigenvalue weighted by Crippen LogP contribution is -2.35. The summed E-state index contributed by atoms with van der Waals surface area (Å²) in [5.41, 5.74) is 13.3. The number of halogens is 2. The first-order chi connectivity index (χ1) is 13.4. The Kier molecular flexibility index (Phi) is 5.29. The number of carbonyl (C=O) groups is 1. The minimum atomic E-state index is -0.589. The topological polar surface area (TPSA) is 119 Å². The van der Waals surface area contributed by atoms with Gasteiger partial charge in [0, 0.05) is 11.6 Å². The van der Waals surface area contributed by atoms with Crippen LogP contribution in [0.15, 0.2) is 18.2 Å². The van der Waals surface area contributed by atoms with Gasteiger partial charge in [0.1, 0.15) is 9.71 Å². The van der Waals surface area contributed by atoms with Gasteiger partial charge in [-0.05, 0) is 38.1 Å². The van der Waals surface area contributed by atoms with Gasteiger partial charge in [0.2, 0.25) is 5.95 Å². The Morgan fingerprint density at radius 2 is 1.96 bits per heavy atom. The van der Waals surface area contributed by atoms with Crippen molar-refractivity contribution in [2.45, 2.75) is 18.9 Å². The molecule has 0 spiro atoms. The van der Waals surface area contributed by atoms with E-state index in [9.17, 15) is 4.79 Å². The normalized spacial score (nSPS) is 15.1. The average molecular weight is 437 g/mol. The number of nitrogens with two attached hydrogens (primary N) is 2. The van der Waals surface area contributed by atoms with E-state index >= 15 is 0 Å². The van der Waals surface area contributed by atoms with Gasteiger partial charge in [0.25, 0.3) is 5.91 Å². The molecule has 1 amide bonds. The van der Waals surface area contributed by atoms with Gasteiger partial charge in [-0.25, -0.2) is 9.97 Å². The second kappa shape index (κ2) is 7.71. The standard InChI is InChI=1S/C18H18Cl2N6OS/c19-10-2-1-8(7-11(10)20)14-12-13(21)15(16(22)27)28-17(12)26-18(25-14)24-9-3-5-23-6-4-9/h1-2,7,9,23H,3-6,21H2,(H2,22,27)(H,24,25,26). The zero-order chi connectivity index (χ0) is 19.8. The Balaban J connectivity index is 1.88. The van der Waals surface area contributed by atoms with Crippen molar-refractivity contribution in [3.8, 4) is 11.3 Å². The van der Waals surface area contributed by atoms with Crippen LogP contribution in [0.1, 0.15) is 22.5 Å². The summed E-state index contributed by atoms with van der Waals surface area (Å²) in [6.07, 6.45) is 1.95. The number of piperidine rings is 1. The quantitative estimate of drug-likeness (QED) is 0.496. The average Bonchev–Trinajstić information content (AvgIpc) is 3.01. The number of hydrogen-bond acceptors (Lipinski definition) is 7. The van der Waals surface area contributed by atoms with Crippen molar-refractivity contribution in [3.05, 3.63) is 33.1 Å². The zero-order valence-electron chi connectivity index (χ0n) is 14.8. The summed E-state index contributed by atoms with van der Waals surface area (Å²) < 4.78 is 0. The van der Waals surface area contributed by atoms with E-state index in [0.29, 0.717) is 31.9 Å². The number of hydrogen-bond donors (Lipinski definition) is 4. The molecule has 0 radical (unpaired) electrons. The van der Waals surface area contributed by atoms with Crippen LogP contribution in [0.3, 0.4) is 0 Å². The fourth-order valence-electron chi connectivity index (χ4n) is 3.27. The lowest BCUT2D eigenvalue weighted by Gasteiger charge is -2.23. The lowest BCUT2D eigenvalue weighted by molar-refractivity contribution is 0.100. The maximum atomic E-state index is 11.8. The second-order valence-corrected chi connectivity index (χ2v) is 8.40. The number of nitrogens with zero attached hydrogens (tertiary/aromatic N) is 2. The molecular weight excluding hydrogens is 419 g/mol. The van der Waals surface area contributed by atoms with Crippen molar-refractivity contribution >= 4 is 62.3 Å². The highest BCUT2D eigenvalue weighted by Crippen LogP contribution is 2.40. The van der Waals surface area contributed by atoms with E-state index in [-0.39, 0.29) is 16.6 Å². The third-order valence-corrected chi connectivity index (χ3v) is 6.53. The summed E-state index contributed by atoms with van der Waals surface area (Å²) in [5.74, 6) is -0.105. The van der Waals surface area contributed by atoms with Gasteiger partial charge >= 0.3 is 0 Å². The van der Waals surface area contributed by atoms with E-state index in [1.54, 1.807) is 12.1 Å². The fraction of sp³-hybridized carbons (Fsp3) is 0.278. The highest BCUT2D eigenvalue weighted by molar-refractivity contribution is 7.21. The summed E-state index contributed by atoms with van der Waals surface area (Å²) in [4.78, 5) is 21.9. The molecular formula is C18H18Cl2N6OS. The molecule has 1 aliphatic rings. The van der Waals surface area contributed by atoms with Crippen molar-refractivity contribution in [3.63, 3.8) is 0 Å². The summed E-state index contributed by atoms with van der Waals surface area (Å²) in [5, 5.41) is 8.16. The second-order valence-electron chi connectivity index (χ2n) is 6.58. The molecule has 0 bridgehead atoms. The highest BCUT2D eigenvalue weighted by Gasteiger charge is 2.22. The molecule has 1 aliphatic heterocycles. The van der Waals surface area contributed by atoms with Gasteiger partial charge in [-0.1, -0.05) is 29.3 Å². The number of thiophene rings is 1. The van der Waals surface area contributed by atoms with Gasteiger partial charge < -0.3 is 22.1 Å². The molecule has 0 aliphatic carbocycles. The van der Waals surface area contributed by atoms with Gasteiger partial charge in [-0.2, -0.15) is 0 Å². The molecule has 0 saturated carbocycles. The maximum Gasteiger partial charge on any atom is 0.260 e. The Morgan fingerprint density at radius 1 is 1.21 bits per heavy atom.